The van der Waals surface area contributed by atoms with Crippen LogP contribution in [0.3, 0.4) is 0 Å². The molecule has 0 unspecified atom stereocenters. The van der Waals surface area contributed by atoms with Crippen molar-refractivity contribution in [3.05, 3.63) is 52.4 Å². The number of benzene rings is 1. The number of halogens is 1. The number of aromatic nitrogens is 4. The van der Waals surface area contributed by atoms with E-state index in [2.05, 4.69) is 37.8 Å². The number of rotatable bonds is 5. The summed E-state index contributed by atoms with van der Waals surface area (Å²) in [5.41, 5.74) is 4.90. The smallest absolute Gasteiger partial charge is 0.191 e. The molecule has 1 fully saturated rings. The van der Waals surface area contributed by atoms with Crippen LogP contribution in [0.15, 0.2) is 30.3 Å². The predicted molar refractivity (Wildman–Crippen MR) is 138 cm³/mol. The molecule has 4 aromatic rings. The SMILES string of the molecule is CCc1nn2c(C)cc(N3CCCC[C@@H]3C)nc2c1N(C)c1nc(-c2ccc(F)cc2)c(C#N)s1. The van der Waals surface area contributed by atoms with Crippen LogP contribution in [-0.4, -0.2) is 39.2 Å². The molecule has 1 aliphatic rings. The summed E-state index contributed by atoms with van der Waals surface area (Å²) in [5.74, 6) is 0.655. The summed E-state index contributed by atoms with van der Waals surface area (Å²) in [7, 11) is 1.94. The van der Waals surface area contributed by atoms with E-state index in [1.54, 1.807) is 12.1 Å². The van der Waals surface area contributed by atoms with Crippen LogP contribution in [-0.2, 0) is 6.42 Å². The van der Waals surface area contributed by atoms with E-state index in [-0.39, 0.29) is 5.82 Å². The summed E-state index contributed by atoms with van der Waals surface area (Å²) < 4.78 is 15.4. The van der Waals surface area contributed by atoms with Gasteiger partial charge in [-0.1, -0.05) is 18.3 Å². The van der Waals surface area contributed by atoms with Gasteiger partial charge in [0.1, 0.15) is 34.0 Å². The Balaban J connectivity index is 1.62. The van der Waals surface area contributed by atoms with Gasteiger partial charge in [0.05, 0.1) is 5.69 Å². The molecule has 7 nitrogen and oxygen atoms in total. The van der Waals surface area contributed by atoms with Gasteiger partial charge in [-0.3, -0.25) is 0 Å². The van der Waals surface area contributed by atoms with Crippen LogP contribution in [0.5, 0.6) is 0 Å². The van der Waals surface area contributed by atoms with Crippen molar-refractivity contribution in [3.63, 3.8) is 0 Å². The number of nitriles is 1. The molecule has 1 aliphatic heterocycles. The first-order valence-corrected chi connectivity index (χ1v) is 12.8. The third-order valence-corrected chi connectivity index (χ3v) is 7.73. The van der Waals surface area contributed by atoms with Gasteiger partial charge >= 0.3 is 0 Å². The lowest BCUT2D eigenvalue weighted by Gasteiger charge is -2.34. The minimum Gasteiger partial charge on any atom is -0.354 e. The lowest BCUT2D eigenvalue weighted by molar-refractivity contribution is 0.481. The van der Waals surface area contributed by atoms with Crippen LogP contribution >= 0.6 is 11.3 Å². The fraction of sp³-hybridized carbons (Fsp3) is 0.385. The molecule has 4 heterocycles. The standard InChI is InChI=1S/C26H28FN7S/c1-5-20-24(25-29-22(14-17(3)34(25)31-20)33-13-7-6-8-16(33)2)32(4)26-30-23(21(15-28)35-26)18-9-11-19(27)12-10-18/h9-12,14,16H,5-8,13H2,1-4H3/t16-/m0/s1. The van der Waals surface area contributed by atoms with E-state index in [0.29, 0.717) is 27.3 Å². The van der Waals surface area contributed by atoms with Crippen molar-refractivity contribution < 1.29 is 4.39 Å². The highest BCUT2D eigenvalue weighted by Gasteiger charge is 2.26. The van der Waals surface area contributed by atoms with Gasteiger partial charge in [0, 0.05) is 37.0 Å². The van der Waals surface area contributed by atoms with Crippen molar-refractivity contribution in [1.29, 1.82) is 5.26 Å². The van der Waals surface area contributed by atoms with Gasteiger partial charge in [-0.05, 0) is 63.8 Å². The summed E-state index contributed by atoms with van der Waals surface area (Å²) in [6.07, 6.45) is 4.32. The van der Waals surface area contributed by atoms with Crippen LogP contribution in [0.2, 0.25) is 0 Å². The second kappa shape index (κ2) is 9.27. The molecule has 0 aliphatic carbocycles. The van der Waals surface area contributed by atoms with Crippen molar-refractivity contribution in [1.82, 2.24) is 19.6 Å². The quantitative estimate of drug-likeness (QED) is 0.348. The Kier molecular flexibility index (Phi) is 6.15. The highest BCUT2D eigenvalue weighted by molar-refractivity contribution is 7.16. The Morgan fingerprint density at radius 1 is 1.23 bits per heavy atom. The summed E-state index contributed by atoms with van der Waals surface area (Å²) in [4.78, 5) is 14.7. The Bertz CT molecular complexity index is 1420. The monoisotopic (exact) mass is 489 g/mol. The van der Waals surface area contributed by atoms with Gasteiger partial charge < -0.3 is 9.80 Å². The largest absolute Gasteiger partial charge is 0.354 e. The van der Waals surface area contributed by atoms with Gasteiger partial charge in [0.25, 0.3) is 0 Å². The molecule has 3 aromatic heterocycles. The summed E-state index contributed by atoms with van der Waals surface area (Å²) in [6.45, 7) is 7.40. The van der Waals surface area contributed by atoms with Crippen LogP contribution in [0.25, 0.3) is 16.9 Å². The Labute approximate surface area is 208 Å². The normalized spacial score (nSPS) is 16.0. The number of anilines is 3. The van der Waals surface area contributed by atoms with E-state index in [4.69, 9.17) is 15.1 Å². The minimum atomic E-state index is -0.320. The molecular weight excluding hydrogens is 461 g/mol. The van der Waals surface area contributed by atoms with Crippen LogP contribution < -0.4 is 9.80 Å². The second-order valence-corrected chi connectivity index (χ2v) is 10.0. The van der Waals surface area contributed by atoms with Gasteiger partial charge in [0.15, 0.2) is 10.8 Å². The molecule has 9 heteroatoms. The first-order valence-electron chi connectivity index (χ1n) is 12.0. The fourth-order valence-electron chi connectivity index (χ4n) is 4.77. The molecule has 0 bridgehead atoms. The van der Waals surface area contributed by atoms with Gasteiger partial charge in [-0.15, -0.1) is 0 Å². The minimum absolute atomic E-state index is 0.320. The van der Waals surface area contributed by atoms with Crippen molar-refractivity contribution in [3.8, 4) is 17.3 Å². The third kappa shape index (κ3) is 4.12. The number of aryl methyl sites for hydroxylation is 2. The molecule has 35 heavy (non-hydrogen) atoms. The fourth-order valence-corrected chi connectivity index (χ4v) is 5.63. The Morgan fingerprint density at radius 3 is 2.69 bits per heavy atom. The van der Waals surface area contributed by atoms with Crippen LogP contribution in [0.4, 0.5) is 21.0 Å². The van der Waals surface area contributed by atoms with Gasteiger partial charge in [-0.25, -0.2) is 18.9 Å². The van der Waals surface area contributed by atoms with Gasteiger partial charge in [-0.2, -0.15) is 10.4 Å². The first-order chi connectivity index (χ1) is 16.9. The van der Waals surface area contributed by atoms with Crippen molar-refractivity contribution >= 4 is 33.6 Å². The van der Waals surface area contributed by atoms with E-state index in [1.165, 1.54) is 42.7 Å². The van der Waals surface area contributed by atoms with E-state index in [0.717, 1.165) is 41.5 Å². The first kappa shape index (κ1) is 23.2. The molecule has 0 spiro atoms. The summed E-state index contributed by atoms with van der Waals surface area (Å²) in [6, 6.07) is 10.9. The van der Waals surface area contributed by atoms with E-state index in [9.17, 15) is 9.65 Å². The maximum Gasteiger partial charge on any atom is 0.191 e. The zero-order valence-electron chi connectivity index (χ0n) is 20.4. The highest BCUT2D eigenvalue weighted by Crippen LogP contribution is 2.38. The molecular formula is C26H28FN7S. The number of hydrogen-bond donors (Lipinski definition) is 0. The summed E-state index contributed by atoms with van der Waals surface area (Å²) >= 11 is 1.31. The van der Waals surface area contributed by atoms with Crippen LogP contribution in [0.1, 0.15) is 49.4 Å². The summed E-state index contributed by atoms with van der Waals surface area (Å²) in [5, 5.41) is 15.3. The maximum absolute atomic E-state index is 13.4. The Hall–Kier alpha value is -3.51. The number of thiazole rings is 1. The highest BCUT2D eigenvalue weighted by atomic mass is 32.1. The average Bonchev–Trinajstić information content (AvgIpc) is 3.46. The lowest BCUT2D eigenvalue weighted by Crippen LogP contribution is -2.38. The zero-order chi connectivity index (χ0) is 24.7. The third-order valence-electron chi connectivity index (χ3n) is 6.69. The molecule has 5 rings (SSSR count). The molecule has 0 saturated carbocycles. The second-order valence-electron chi connectivity index (χ2n) is 9.03. The maximum atomic E-state index is 13.4. The number of fused-ring (bicyclic) bond motifs is 1. The zero-order valence-corrected chi connectivity index (χ0v) is 21.2. The van der Waals surface area contributed by atoms with E-state index in [1.807, 2.05) is 16.5 Å². The van der Waals surface area contributed by atoms with E-state index >= 15 is 0 Å². The molecule has 0 N–H and O–H groups in total. The predicted octanol–water partition coefficient (Wildman–Crippen LogP) is 5.88. The molecule has 1 atom stereocenters. The lowest BCUT2D eigenvalue weighted by atomic mass is 10.0. The van der Waals surface area contributed by atoms with E-state index < -0.39 is 0 Å². The van der Waals surface area contributed by atoms with Gasteiger partial charge in [0.2, 0.25) is 0 Å². The molecule has 1 saturated heterocycles. The van der Waals surface area contributed by atoms with Crippen molar-refractivity contribution in [2.24, 2.45) is 0 Å². The molecule has 0 amide bonds. The molecule has 1 aromatic carbocycles. The molecule has 0 radical (unpaired) electrons. The number of hydrogen-bond acceptors (Lipinski definition) is 7. The number of piperidine rings is 1. The van der Waals surface area contributed by atoms with Crippen molar-refractivity contribution in [2.45, 2.75) is 52.5 Å². The number of nitrogens with zero attached hydrogens (tertiary/aromatic N) is 7. The topological polar surface area (TPSA) is 73.3 Å². The van der Waals surface area contributed by atoms with Crippen molar-refractivity contribution in [2.75, 3.05) is 23.4 Å². The average molecular weight is 490 g/mol. The Morgan fingerprint density at radius 2 is 2.00 bits per heavy atom. The molecule has 180 valence electrons. The van der Waals surface area contributed by atoms with Crippen LogP contribution in [0, 0.1) is 24.1 Å².